The number of benzene rings is 1. The van der Waals surface area contributed by atoms with Gasteiger partial charge in [-0.1, -0.05) is 32.1 Å². The van der Waals surface area contributed by atoms with Gasteiger partial charge in [-0.2, -0.15) is 0 Å². The van der Waals surface area contributed by atoms with Gasteiger partial charge in [-0.05, 0) is 43.5 Å². The highest BCUT2D eigenvalue weighted by molar-refractivity contribution is 7.89. The predicted octanol–water partition coefficient (Wildman–Crippen LogP) is 2.56. The lowest BCUT2D eigenvalue weighted by atomic mass is 9.86. The first kappa shape index (κ1) is 20.4. The number of amides is 1. The number of primary sulfonamides is 1. The molecule has 0 unspecified atom stereocenters. The molecule has 1 aromatic carbocycles. The monoisotopic (exact) mass is 382 g/mol. The van der Waals surface area contributed by atoms with Crippen molar-refractivity contribution < 1.29 is 22.7 Å². The first-order valence-electron chi connectivity index (χ1n) is 8.89. The highest BCUT2D eigenvalue weighted by Crippen LogP contribution is 2.27. The summed E-state index contributed by atoms with van der Waals surface area (Å²) in [5, 5.41) is 7.60. The molecule has 7 nitrogen and oxygen atoms in total. The number of ether oxygens (including phenoxy) is 1. The Morgan fingerprint density at radius 2 is 1.81 bits per heavy atom. The third-order valence-corrected chi connectivity index (χ3v) is 5.54. The van der Waals surface area contributed by atoms with Crippen molar-refractivity contribution in [2.75, 3.05) is 5.32 Å². The zero-order valence-electron chi connectivity index (χ0n) is 14.9. The molecule has 26 heavy (non-hydrogen) atoms. The average molecular weight is 382 g/mol. The van der Waals surface area contributed by atoms with Crippen molar-refractivity contribution in [2.45, 2.75) is 62.9 Å². The quantitative estimate of drug-likeness (QED) is 0.703. The standard InChI is InChI=1S/C18H26N2O5S/c1-13(25-17(21)12-7-14-5-3-2-4-6-14)18(22)20-15-8-10-16(11-9-15)26(19,23)24/h8-11,13-14H,2-7,12H2,1H3,(H,20,22)(H2,19,23,24)/t13-/m1/s1. The number of carbonyl (C=O) groups is 2. The number of anilines is 1. The Bertz CT molecular complexity index is 724. The van der Waals surface area contributed by atoms with Crippen LogP contribution in [0.1, 0.15) is 51.9 Å². The molecular formula is C18H26N2O5S. The Morgan fingerprint density at radius 3 is 2.38 bits per heavy atom. The van der Waals surface area contributed by atoms with Gasteiger partial charge in [0, 0.05) is 12.1 Å². The van der Waals surface area contributed by atoms with Gasteiger partial charge >= 0.3 is 5.97 Å². The van der Waals surface area contributed by atoms with Crippen LogP contribution in [-0.2, 0) is 24.3 Å². The van der Waals surface area contributed by atoms with Gasteiger partial charge in [-0.15, -0.1) is 0 Å². The minimum atomic E-state index is -3.78. The average Bonchev–Trinajstić information content (AvgIpc) is 2.60. The molecule has 1 fully saturated rings. The van der Waals surface area contributed by atoms with E-state index in [4.69, 9.17) is 9.88 Å². The van der Waals surface area contributed by atoms with Gasteiger partial charge in [-0.3, -0.25) is 9.59 Å². The van der Waals surface area contributed by atoms with E-state index in [1.165, 1.54) is 50.5 Å². The molecule has 0 aliphatic heterocycles. The first-order valence-corrected chi connectivity index (χ1v) is 10.4. The number of hydrogen-bond acceptors (Lipinski definition) is 5. The topological polar surface area (TPSA) is 116 Å². The molecule has 144 valence electrons. The lowest BCUT2D eigenvalue weighted by Crippen LogP contribution is -2.30. The van der Waals surface area contributed by atoms with Crippen LogP contribution in [0.25, 0.3) is 0 Å². The molecule has 0 radical (unpaired) electrons. The maximum absolute atomic E-state index is 12.1. The second-order valence-corrected chi connectivity index (χ2v) is 8.29. The van der Waals surface area contributed by atoms with E-state index in [0.717, 1.165) is 19.3 Å². The van der Waals surface area contributed by atoms with Crippen LogP contribution in [0.5, 0.6) is 0 Å². The number of hydrogen-bond donors (Lipinski definition) is 2. The van der Waals surface area contributed by atoms with Crippen LogP contribution in [-0.4, -0.2) is 26.4 Å². The molecule has 0 spiro atoms. The summed E-state index contributed by atoms with van der Waals surface area (Å²) >= 11 is 0. The largest absolute Gasteiger partial charge is 0.453 e. The fraction of sp³-hybridized carbons (Fsp3) is 0.556. The fourth-order valence-corrected chi connectivity index (χ4v) is 3.59. The smallest absolute Gasteiger partial charge is 0.306 e. The van der Waals surface area contributed by atoms with Crippen LogP contribution in [0.3, 0.4) is 0 Å². The van der Waals surface area contributed by atoms with Gasteiger partial charge in [-0.25, -0.2) is 13.6 Å². The second kappa shape index (κ2) is 9.14. The van der Waals surface area contributed by atoms with Crippen LogP contribution in [0.15, 0.2) is 29.2 Å². The second-order valence-electron chi connectivity index (χ2n) is 6.73. The molecule has 0 saturated heterocycles. The molecule has 1 aliphatic rings. The van der Waals surface area contributed by atoms with Crippen molar-refractivity contribution >= 4 is 27.6 Å². The lowest BCUT2D eigenvalue weighted by molar-refractivity contribution is -0.153. The van der Waals surface area contributed by atoms with Crippen LogP contribution >= 0.6 is 0 Å². The summed E-state index contributed by atoms with van der Waals surface area (Å²) in [6.07, 6.45) is 6.26. The zero-order chi connectivity index (χ0) is 19.2. The number of nitrogens with one attached hydrogen (secondary N) is 1. The van der Waals surface area contributed by atoms with E-state index in [-0.39, 0.29) is 10.9 Å². The Hall–Kier alpha value is -1.93. The minimum absolute atomic E-state index is 0.0438. The Kier molecular flexibility index (Phi) is 7.16. The van der Waals surface area contributed by atoms with E-state index < -0.39 is 22.0 Å². The first-order chi connectivity index (χ1) is 12.3. The Labute approximate surface area is 154 Å². The van der Waals surface area contributed by atoms with Gasteiger partial charge in [0.25, 0.3) is 5.91 Å². The van der Waals surface area contributed by atoms with E-state index in [9.17, 15) is 18.0 Å². The molecule has 0 heterocycles. The highest BCUT2D eigenvalue weighted by Gasteiger charge is 2.20. The predicted molar refractivity (Wildman–Crippen MR) is 97.8 cm³/mol. The summed E-state index contributed by atoms with van der Waals surface area (Å²) in [6.45, 7) is 1.51. The van der Waals surface area contributed by atoms with Gasteiger partial charge < -0.3 is 10.1 Å². The van der Waals surface area contributed by atoms with Crippen molar-refractivity contribution in [1.29, 1.82) is 0 Å². The van der Waals surface area contributed by atoms with Gasteiger partial charge in [0.15, 0.2) is 6.10 Å². The summed E-state index contributed by atoms with van der Waals surface area (Å²) in [7, 11) is -3.78. The van der Waals surface area contributed by atoms with Crippen LogP contribution in [0.2, 0.25) is 0 Å². The van der Waals surface area contributed by atoms with Crippen molar-refractivity contribution in [1.82, 2.24) is 0 Å². The molecule has 3 N–H and O–H groups in total. The van der Waals surface area contributed by atoms with E-state index in [1.54, 1.807) is 0 Å². The highest BCUT2D eigenvalue weighted by atomic mass is 32.2. The SMILES string of the molecule is C[C@@H](OC(=O)CCC1CCCCC1)C(=O)Nc1ccc(S(N)(=O)=O)cc1. The molecule has 1 saturated carbocycles. The summed E-state index contributed by atoms with van der Waals surface area (Å²) in [5.74, 6) is -0.264. The third kappa shape index (κ3) is 6.42. The summed E-state index contributed by atoms with van der Waals surface area (Å²) < 4.78 is 27.6. The van der Waals surface area contributed by atoms with Crippen molar-refractivity contribution in [3.8, 4) is 0 Å². The molecule has 0 bridgehead atoms. The van der Waals surface area contributed by atoms with E-state index in [2.05, 4.69) is 5.32 Å². The molecule has 2 rings (SSSR count). The number of sulfonamides is 1. The number of nitrogens with two attached hydrogens (primary N) is 1. The van der Waals surface area contributed by atoms with Crippen molar-refractivity contribution in [3.05, 3.63) is 24.3 Å². The van der Waals surface area contributed by atoms with Crippen LogP contribution in [0.4, 0.5) is 5.69 Å². The van der Waals surface area contributed by atoms with Crippen LogP contribution in [0, 0.1) is 5.92 Å². The zero-order valence-corrected chi connectivity index (χ0v) is 15.8. The molecule has 1 amide bonds. The van der Waals surface area contributed by atoms with Gasteiger partial charge in [0.05, 0.1) is 4.90 Å². The number of esters is 1. The summed E-state index contributed by atoms with van der Waals surface area (Å²) in [4.78, 5) is 24.0. The van der Waals surface area contributed by atoms with Crippen molar-refractivity contribution in [2.24, 2.45) is 11.1 Å². The van der Waals surface area contributed by atoms with E-state index >= 15 is 0 Å². The molecular weight excluding hydrogens is 356 g/mol. The third-order valence-electron chi connectivity index (χ3n) is 4.61. The van der Waals surface area contributed by atoms with Gasteiger partial charge in [0.2, 0.25) is 10.0 Å². The molecule has 1 aliphatic carbocycles. The van der Waals surface area contributed by atoms with E-state index in [0.29, 0.717) is 18.0 Å². The fourth-order valence-electron chi connectivity index (χ4n) is 3.08. The number of rotatable bonds is 7. The Balaban J connectivity index is 1.78. The molecule has 1 atom stereocenters. The maximum Gasteiger partial charge on any atom is 0.306 e. The summed E-state index contributed by atoms with van der Waals surface area (Å²) in [6, 6.07) is 5.45. The molecule has 1 aromatic rings. The maximum atomic E-state index is 12.1. The Morgan fingerprint density at radius 1 is 1.19 bits per heavy atom. The number of carbonyl (C=O) groups excluding carboxylic acids is 2. The lowest BCUT2D eigenvalue weighted by Gasteiger charge is -2.21. The van der Waals surface area contributed by atoms with Crippen molar-refractivity contribution in [3.63, 3.8) is 0 Å². The summed E-state index contributed by atoms with van der Waals surface area (Å²) in [5.41, 5.74) is 0.396. The molecule has 8 heteroatoms. The van der Waals surface area contributed by atoms with E-state index in [1.807, 2.05) is 0 Å². The molecule has 0 aromatic heterocycles. The van der Waals surface area contributed by atoms with Gasteiger partial charge in [0.1, 0.15) is 0 Å². The van der Waals surface area contributed by atoms with Crippen LogP contribution < -0.4 is 10.5 Å². The normalized spacial score (nSPS) is 16.7. The minimum Gasteiger partial charge on any atom is -0.453 e.